The van der Waals surface area contributed by atoms with Gasteiger partial charge in [-0.2, -0.15) is 0 Å². The molecule has 174 valence electrons. The maximum Gasteiger partial charge on any atom is 0.348 e. The van der Waals surface area contributed by atoms with Crippen LogP contribution in [0.2, 0.25) is 0 Å². The van der Waals surface area contributed by atoms with Crippen LogP contribution in [0.25, 0.3) is 10.2 Å². The Hall–Kier alpha value is -3.78. The number of thiophene rings is 1. The zero-order chi connectivity index (χ0) is 24.1. The number of aryl methyl sites for hydroxylation is 2. The molecule has 0 fully saturated rings. The SMILES string of the molecule is CCc1ccc(NC(=O)Cn2cnc3sc(C(=O)OCCc4ccccc4)c(C)c3c2=O)cc1. The second-order valence-corrected chi connectivity index (χ2v) is 8.88. The summed E-state index contributed by atoms with van der Waals surface area (Å²) >= 11 is 1.13. The van der Waals surface area contributed by atoms with Crippen molar-refractivity contribution in [3.8, 4) is 0 Å². The van der Waals surface area contributed by atoms with Crippen LogP contribution < -0.4 is 10.9 Å². The Morgan fingerprint density at radius 2 is 1.79 bits per heavy atom. The van der Waals surface area contributed by atoms with Crippen LogP contribution in [0.4, 0.5) is 5.69 Å². The fraction of sp³-hybridized carbons (Fsp3) is 0.231. The molecule has 0 saturated carbocycles. The third-order valence-corrected chi connectivity index (χ3v) is 6.71. The van der Waals surface area contributed by atoms with E-state index in [0.717, 1.165) is 23.3 Å². The highest BCUT2D eigenvalue weighted by molar-refractivity contribution is 7.20. The highest BCUT2D eigenvalue weighted by atomic mass is 32.1. The summed E-state index contributed by atoms with van der Waals surface area (Å²) in [6.45, 7) is 3.83. The third-order valence-electron chi connectivity index (χ3n) is 5.53. The quantitative estimate of drug-likeness (QED) is 0.382. The fourth-order valence-corrected chi connectivity index (χ4v) is 4.65. The lowest BCUT2D eigenvalue weighted by Gasteiger charge is -2.08. The molecule has 0 unspecified atom stereocenters. The number of carbonyl (C=O) groups excluding carboxylic acids is 2. The fourth-order valence-electron chi connectivity index (χ4n) is 3.62. The van der Waals surface area contributed by atoms with Crippen LogP contribution >= 0.6 is 11.3 Å². The van der Waals surface area contributed by atoms with E-state index in [-0.39, 0.29) is 24.6 Å². The van der Waals surface area contributed by atoms with Gasteiger partial charge in [-0.15, -0.1) is 11.3 Å². The van der Waals surface area contributed by atoms with Gasteiger partial charge in [-0.3, -0.25) is 14.2 Å². The smallest absolute Gasteiger partial charge is 0.348 e. The van der Waals surface area contributed by atoms with E-state index in [1.807, 2.05) is 54.6 Å². The first-order chi connectivity index (χ1) is 16.5. The molecular weight excluding hydrogens is 450 g/mol. The number of amides is 1. The van der Waals surface area contributed by atoms with E-state index in [0.29, 0.717) is 32.8 Å². The van der Waals surface area contributed by atoms with Crippen molar-refractivity contribution in [2.75, 3.05) is 11.9 Å². The van der Waals surface area contributed by atoms with Crippen molar-refractivity contribution >= 4 is 39.1 Å². The first-order valence-corrected chi connectivity index (χ1v) is 11.9. The third kappa shape index (κ3) is 5.23. The largest absolute Gasteiger partial charge is 0.461 e. The predicted octanol–water partition coefficient (Wildman–Crippen LogP) is 4.37. The standard InChI is InChI=1S/C26H25N3O4S/c1-3-18-9-11-20(12-10-18)28-21(30)15-29-16-27-24-22(25(29)31)17(2)23(34-24)26(32)33-14-13-19-7-5-4-6-8-19/h4-12,16H,3,13-15H2,1-2H3,(H,28,30). The molecule has 2 aromatic heterocycles. The molecule has 0 radical (unpaired) electrons. The molecule has 2 heterocycles. The summed E-state index contributed by atoms with van der Waals surface area (Å²) in [5.74, 6) is -0.809. The molecule has 0 spiro atoms. The predicted molar refractivity (Wildman–Crippen MR) is 133 cm³/mol. The van der Waals surface area contributed by atoms with Crippen LogP contribution in [-0.2, 0) is 28.9 Å². The van der Waals surface area contributed by atoms with Crippen molar-refractivity contribution in [1.82, 2.24) is 9.55 Å². The van der Waals surface area contributed by atoms with Gasteiger partial charge in [-0.25, -0.2) is 9.78 Å². The Morgan fingerprint density at radius 1 is 1.06 bits per heavy atom. The molecule has 2 aromatic carbocycles. The van der Waals surface area contributed by atoms with E-state index in [1.54, 1.807) is 6.92 Å². The summed E-state index contributed by atoms with van der Waals surface area (Å²) in [6, 6.07) is 17.3. The number of carbonyl (C=O) groups is 2. The average molecular weight is 476 g/mol. The zero-order valence-electron chi connectivity index (χ0n) is 19.0. The Balaban J connectivity index is 1.46. The number of anilines is 1. The van der Waals surface area contributed by atoms with Gasteiger partial charge in [0.2, 0.25) is 5.91 Å². The molecule has 1 N–H and O–H groups in total. The molecule has 4 aromatic rings. The summed E-state index contributed by atoms with van der Waals surface area (Å²) in [5, 5.41) is 3.13. The lowest BCUT2D eigenvalue weighted by atomic mass is 10.1. The molecule has 34 heavy (non-hydrogen) atoms. The number of esters is 1. The Labute approximate surface area is 201 Å². The van der Waals surface area contributed by atoms with Crippen molar-refractivity contribution < 1.29 is 14.3 Å². The van der Waals surface area contributed by atoms with Gasteiger partial charge < -0.3 is 10.1 Å². The molecule has 0 aliphatic rings. The average Bonchev–Trinajstić information content (AvgIpc) is 3.19. The Morgan fingerprint density at radius 3 is 2.50 bits per heavy atom. The van der Waals surface area contributed by atoms with E-state index in [2.05, 4.69) is 17.2 Å². The molecule has 8 heteroatoms. The highest BCUT2D eigenvalue weighted by Gasteiger charge is 2.21. The minimum atomic E-state index is -0.476. The van der Waals surface area contributed by atoms with Gasteiger partial charge in [0.25, 0.3) is 5.56 Å². The van der Waals surface area contributed by atoms with Gasteiger partial charge in [0.15, 0.2) is 0 Å². The maximum absolute atomic E-state index is 13.1. The first kappa shape index (κ1) is 23.4. The number of aromatic nitrogens is 2. The second kappa shape index (κ2) is 10.4. The van der Waals surface area contributed by atoms with Gasteiger partial charge in [0.05, 0.1) is 18.3 Å². The van der Waals surface area contributed by atoms with Gasteiger partial charge in [0.1, 0.15) is 16.3 Å². The zero-order valence-corrected chi connectivity index (χ0v) is 19.9. The minimum absolute atomic E-state index is 0.177. The summed E-state index contributed by atoms with van der Waals surface area (Å²) < 4.78 is 6.68. The number of fused-ring (bicyclic) bond motifs is 1. The van der Waals surface area contributed by atoms with Crippen LogP contribution in [0.15, 0.2) is 65.7 Å². The van der Waals surface area contributed by atoms with Gasteiger partial charge in [-0.1, -0.05) is 49.4 Å². The van der Waals surface area contributed by atoms with Gasteiger partial charge >= 0.3 is 5.97 Å². The Bertz CT molecular complexity index is 1380. The van der Waals surface area contributed by atoms with E-state index in [1.165, 1.54) is 16.5 Å². The monoisotopic (exact) mass is 475 g/mol. The molecule has 0 aliphatic carbocycles. The summed E-state index contributed by atoms with van der Waals surface area (Å²) in [6.07, 6.45) is 2.86. The number of ether oxygens (including phenoxy) is 1. The molecular formula is C26H25N3O4S. The van der Waals surface area contributed by atoms with Crippen LogP contribution in [0.1, 0.15) is 33.3 Å². The van der Waals surface area contributed by atoms with Crippen molar-refractivity contribution in [3.63, 3.8) is 0 Å². The van der Waals surface area contributed by atoms with Crippen molar-refractivity contribution in [3.05, 3.63) is 92.8 Å². The number of benzene rings is 2. The molecule has 4 rings (SSSR count). The molecule has 1 amide bonds. The van der Waals surface area contributed by atoms with E-state index in [4.69, 9.17) is 4.74 Å². The first-order valence-electron chi connectivity index (χ1n) is 11.0. The van der Waals surface area contributed by atoms with Crippen LogP contribution in [0.5, 0.6) is 0 Å². The normalized spacial score (nSPS) is 10.9. The van der Waals surface area contributed by atoms with Crippen molar-refractivity contribution in [2.45, 2.75) is 33.2 Å². The molecule has 0 bridgehead atoms. The minimum Gasteiger partial charge on any atom is -0.461 e. The number of nitrogens with one attached hydrogen (secondary N) is 1. The summed E-state index contributed by atoms with van der Waals surface area (Å²) in [7, 11) is 0. The highest BCUT2D eigenvalue weighted by Crippen LogP contribution is 2.27. The number of nitrogens with zero attached hydrogens (tertiary/aromatic N) is 2. The molecule has 0 atom stereocenters. The van der Waals surface area contributed by atoms with E-state index >= 15 is 0 Å². The van der Waals surface area contributed by atoms with Crippen LogP contribution in [-0.4, -0.2) is 28.0 Å². The maximum atomic E-state index is 13.1. The Kier molecular flexibility index (Phi) is 7.18. The van der Waals surface area contributed by atoms with Gasteiger partial charge in [-0.05, 0) is 42.2 Å². The van der Waals surface area contributed by atoms with Crippen molar-refractivity contribution in [1.29, 1.82) is 0 Å². The molecule has 7 nitrogen and oxygen atoms in total. The number of hydrogen-bond acceptors (Lipinski definition) is 6. The van der Waals surface area contributed by atoms with E-state index in [9.17, 15) is 14.4 Å². The lowest BCUT2D eigenvalue weighted by molar-refractivity contribution is -0.116. The van der Waals surface area contributed by atoms with Crippen LogP contribution in [0.3, 0.4) is 0 Å². The van der Waals surface area contributed by atoms with Gasteiger partial charge in [0, 0.05) is 12.1 Å². The summed E-state index contributed by atoms with van der Waals surface area (Å²) in [4.78, 5) is 43.3. The van der Waals surface area contributed by atoms with Crippen LogP contribution in [0, 0.1) is 6.92 Å². The molecule has 0 saturated heterocycles. The van der Waals surface area contributed by atoms with Crippen molar-refractivity contribution in [2.24, 2.45) is 0 Å². The number of hydrogen-bond donors (Lipinski definition) is 1. The molecule has 0 aliphatic heterocycles. The lowest BCUT2D eigenvalue weighted by Crippen LogP contribution is -2.27. The topological polar surface area (TPSA) is 90.3 Å². The van der Waals surface area contributed by atoms with E-state index < -0.39 is 5.97 Å². The number of rotatable bonds is 8. The second-order valence-electron chi connectivity index (χ2n) is 7.88. The summed E-state index contributed by atoms with van der Waals surface area (Å²) in [5.41, 5.74) is 3.07.